The number of rotatable bonds is 4. The second-order valence-corrected chi connectivity index (χ2v) is 4.84. The van der Waals surface area contributed by atoms with Gasteiger partial charge in [0.15, 0.2) is 0 Å². The predicted molar refractivity (Wildman–Crippen MR) is 72.1 cm³/mol. The van der Waals surface area contributed by atoms with Crippen LogP contribution in [0.4, 0.5) is 10.1 Å². The van der Waals surface area contributed by atoms with Gasteiger partial charge < -0.3 is 15.4 Å². The summed E-state index contributed by atoms with van der Waals surface area (Å²) in [5.74, 6) is 0.762. The van der Waals surface area contributed by atoms with E-state index in [0.29, 0.717) is 0 Å². The normalized spacial score (nSPS) is 19.9. The minimum absolute atomic E-state index is 0.120. The topological polar surface area (TPSA) is 38.5 Å². The standard InChI is InChI=1S/C14H21FN2O/c1-11-9-13(4-5-14(11)18-8-6-15)17-7-2-3-12(16)10-17/h4-5,9,12H,2-3,6-8,10,16H2,1H3. The van der Waals surface area contributed by atoms with Gasteiger partial charge in [-0.15, -0.1) is 0 Å². The van der Waals surface area contributed by atoms with Crippen molar-refractivity contribution in [2.75, 3.05) is 31.3 Å². The number of hydrogen-bond acceptors (Lipinski definition) is 3. The van der Waals surface area contributed by atoms with E-state index in [1.54, 1.807) is 0 Å². The van der Waals surface area contributed by atoms with E-state index in [1.165, 1.54) is 5.69 Å². The average molecular weight is 252 g/mol. The molecule has 1 heterocycles. The number of ether oxygens (including phenoxy) is 1. The van der Waals surface area contributed by atoms with Gasteiger partial charge in [-0.2, -0.15) is 0 Å². The molecule has 1 aromatic rings. The van der Waals surface area contributed by atoms with E-state index in [4.69, 9.17) is 10.5 Å². The maximum Gasteiger partial charge on any atom is 0.123 e. The lowest BCUT2D eigenvalue weighted by molar-refractivity contribution is 0.272. The molecule has 0 amide bonds. The van der Waals surface area contributed by atoms with Gasteiger partial charge in [0.25, 0.3) is 0 Å². The summed E-state index contributed by atoms with van der Waals surface area (Å²) in [6.07, 6.45) is 2.24. The molecule has 0 saturated carbocycles. The van der Waals surface area contributed by atoms with E-state index in [9.17, 15) is 4.39 Å². The first-order valence-electron chi connectivity index (χ1n) is 6.50. The fourth-order valence-electron chi connectivity index (χ4n) is 2.39. The Kier molecular flexibility index (Phi) is 4.42. The van der Waals surface area contributed by atoms with Gasteiger partial charge >= 0.3 is 0 Å². The third-order valence-corrected chi connectivity index (χ3v) is 3.32. The number of aryl methyl sites for hydroxylation is 1. The average Bonchev–Trinajstić information content (AvgIpc) is 2.37. The lowest BCUT2D eigenvalue weighted by Crippen LogP contribution is -2.42. The molecule has 1 saturated heterocycles. The molecule has 1 aliphatic heterocycles. The molecule has 1 aliphatic rings. The Morgan fingerprint density at radius 1 is 1.50 bits per heavy atom. The second-order valence-electron chi connectivity index (χ2n) is 4.84. The van der Waals surface area contributed by atoms with Gasteiger partial charge in [-0.25, -0.2) is 4.39 Å². The Morgan fingerprint density at radius 3 is 3.00 bits per heavy atom. The molecule has 1 atom stereocenters. The highest BCUT2D eigenvalue weighted by atomic mass is 19.1. The lowest BCUT2D eigenvalue weighted by atomic mass is 10.1. The molecule has 18 heavy (non-hydrogen) atoms. The van der Waals surface area contributed by atoms with Gasteiger partial charge in [-0.3, -0.25) is 0 Å². The highest BCUT2D eigenvalue weighted by Crippen LogP contribution is 2.26. The number of alkyl halides is 1. The van der Waals surface area contributed by atoms with Crippen molar-refractivity contribution in [3.8, 4) is 5.75 Å². The first-order chi connectivity index (χ1) is 8.70. The summed E-state index contributed by atoms with van der Waals surface area (Å²) in [7, 11) is 0. The molecule has 2 N–H and O–H groups in total. The zero-order valence-corrected chi connectivity index (χ0v) is 10.9. The Bertz CT molecular complexity index is 397. The van der Waals surface area contributed by atoms with Crippen molar-refractivity contribution in [3.05, 3.63) is 23.8 Å². The molecule has 0 aromatic heterocycles. The molecule has 3 nitrogen and oxygen atoms in total. The van der Waals surface area contributed by atoms with Crippen LogP contribution in [0.3, 0.4) is 0 Å². The van der Waals surface area contributed by atoms with Gasteiger partial charge in [0.1, 0.15) is 19.0 Å². The summed E-state index contributed by atoms with van der Waals surface area (Å²) < 4.78 is 17.4. The molecular formula is C14H21FN2O. The van der Waals surface area contributed by atoms with Crippen molar-refractivity contribution in [1.29, 1.82) is 0 Å². The van der Waals surface area contributed by atoms with Crippen molar-refractivity contribution >= 4 is 5.69 Å². The molecule has 2 rings (SSSR count). The fourth-order valence-corrected chi connectivity index (χ4v) is 2.39. The van der Waals surface area contributed by atoms with Crippen LogP contribution in [-0.4, -0.2) is 32.4 Å². The molecule has 1 fully saturated rings. The van der Waals surface area contributed by atoms with Crippen LogP contribution in [0.5, 0.6) is 5.75 Å². The van der Waals surface area contributed by atoms with Gasteiger partial charge in [-0.1, -0.05) is 0 Å². The largest absolute Gasteiger partial charge is 0.491 e. The van der Waals surface area contributed by atoms with Crippen molar-refractivity contribution in [2.45, 2.75) is 25.8 Å². The number of halogens is 1. The number of nitrogens with two attached hydrogens (primary N) is 1. The predicted octanol–water partition coefficient (Wildman–Crippen LogP) is 2.27. The minimum Gasteiger partial charge on any atom is -0.491 e. The molecule has 1 unspecified atom stereocenters. The molecule has 1 aromatic carbocycles. The van der Waals surface area contributed by atoms with Gasteiger partial charge in [-0.05, 0) is 43.5 Å². The Labute approximate surface area is 108 Å². The molecule has 0 aliphatic carbocycles. The summed E-state index contributed by atoms with van der Waals surface area (Å²) in [5.41, 5.74) is 8.21. The minimum atomic E-state index is -0.456. The number of piperidine rings is 1. The van der Waals surface area contributed by atoms with Crippen LogP contribution in [0.25, 0.3) is 0 Å². The third kappa shape index (κ3) is 3.13. The summed E-state index contributed by atoms with van der Waals surface area (Å²) in [5, 5.41) is 0. The van der Waals surface area contributed by atoms with E-state index >= 15 is 0 Å². The first kappa shape index (κ1) is 13.1. The van der Waals surface area contributed by atoms with Crippen LogP contribution in [0.1, 0.15) is 18.4 Å². The monoisotopic (exact) mass is 252 g/mol. The van der Waals surface area contributed by atoms with Crippen LogP contribution in [0.2, 0.25) is 0 Å². The van der Waals surface area contributed by atoms with Crippen LogP contribution in [-0.2, 0) is 0 Å². The highest BCUT2D eigenvalue weighted by Gasteiger charge is 2.17. The Hall–Kier alpha value is -1.29. The number of benzene rings is 1. The van der Waals surface area contributed by atoms with E-state index in [0.717, 1.165) is 37.2 Å². The Balaban J connectivity index is 2.07. The molecule has 4 heteroatoms. The number of anilines is 1. The van der Waals surface area contributed by atoms with Crippen molar-refractivity contribution in [1.82, 2.24) is 0 Å². The molecule has 0 radical (unpaired) electrons. The second kappa shape index (κ2) is 6.05. The van der Waals surface area contributed by atoms with Crippen LogP contribution in [0.15, 0.2) is 18.2 Å². The summed E-state index contributed by atoms with van der Waals surface area (Å²) >= 11 is 0. The first-order valence-corrected chi connectivity index (χ1v) is 6.50. The molecule has 100 valence electrons. The fraction of sp³-hybridized carbons (Fsp3) is 0.571. The maximum atomic E-state index is 12.1. The number of hydrogen-bond donors (Lipinski definition) is 1. The summed E-state index contributed by atoms with van der Waals surface area (Å²) in [6, 6.07) is 6.30. The summed E-state index contributed by atoms with van der Waals surface area (Å²) in [4.78, 5) is 2.31. The quantitative estimate of drug-likeness (QED) is 0.893. The van der Waals surface area contributed by atoms with E-state index in [2.05, 4.69) is 11.0 Å². The molecule has 0 bridgehead atoms. The van der Waals surface area contributed by atoms with Crippen molar-refractivity contribution in [2.24, 2.45) is 5.73 Å². The van der Waals surface area contributed by atoms with E-state index < -0.39 is 6.67 Å². The van der Waals surface area contributed by atoms with Crippen LogP contribution >= 0.6 is 0 Å². The van der Waals surface area contributed by atoms with E-state index in [1.807, 2.05) is 19.1 Å². The van der Waals surface area contributed by atoms with Crippen molar-refractivity contribution in [3.63, 3.8) is 0 Å². The molecule has 0 spiro atoms. The SMILES string of the molecule is Cc1cc(N2CCCC(N)C2)ccc1OCCF. The van der Waals surface area contributed by atoms with Gasteiger partial charge in [0.2, 0.25) is 0 Å². The van der Waals surface area contributed by atoms with Crippen molar-refractivity contribution < 1.29 is 9.13 Å². The summed E-state index contributed by atoms with van der Waals surface area (Å²) in [6.45, 7) is 3.61. The highest BCUT2D eigenvalue weighted by molar-refractivity contribution is 5.53. The zero-order chi connectivity index (χ0) is 13.0. The maximum absolute atomic E-state index is 12.1. The number of nitrogens with zero attached hydrogens (tertiary/aromatic N) is 1. The Morgan fingerprint density at radius 2 is 2.33 bits per heavy atom. The van der Waals surface area contributed by atoms with Crippen LogP contribution < -0.4 is 15.4 Å². The zero-order valence-electron chi connectivity index (χ0n) is 10.9. The lowest BCUT2D eigenvalue weighted by Gasteiger charge is -2.33. The third-order valence-electron chi connectivity index (χ3n) is 3.32. The van der Waals surface area contributed by atoms with E-state index in [-0.39, 0.29) is 12.6 Å². The van der Waals surface area contributed by atoms with Gasteiger partial charge in [0.05, 0.1) is 0 Å². The smallest absolute Gasteiger partial charge is 0.123 e. The molecular weight excluding hydrogens is 231 g/mol. The van der Waals surface area contributed by atoms with Crippen LogP contribution in [0, 0.1) is 6.92 Å². The van der Waals surface area contributed by atoms with Gasteiger partial charge in [0, 0.05) is 24.8 Å².